The molecule has 1 unspecified atom stereocenters. The molecule has 0 aliphatic carbocycles. The summed E-state index contributed by atoms with van der Waals surface area (Å²) in [6, 6.07) is 0. The lowest BCUT2D eigenvalue weighted by Gasteiger charge is -2.20. The van der Waals surface area contributed by atoms with Gasteiger partial charge in [-0.3, -0.25) is 0 Å². The van der Waals surface area contributed by atoms with Crippen molar-refractivity contribution in [1.82, 2.24) is 0 Å². The maximum atomic E-state index is 5.31. The van der Waals surface area contributed by atoms with Crippen LogP contribution in [0.25, 0.3) is 0 Å². The van der Waals surface area contributed by atoms with Gasteiger partial charge in [0.05, 0.1) is 6.61 Å². The molecular formula is C7H14OS. The summed E-state index contributed by atoms with van der Waals surface area (Å²) in [5.74, 6) is 1.23. The van der Waals surface area contributed by atoms with Crippen LogP contribution in [0.2, 0.25) is 0 Å². The molecule has 2 heteroatoms. The van der Waals surface area contributed by atoms with Gasteiger partial charge in [-0.1, -0.05) is 6.92 Å². The molecule has 1 heterocycles. The van der Waals surface area contributed by atoms with Gasteiger partial charge in [0, 0.05) is 11.9 Å². The maximum Gasteiger partial charge on any atom is 0.0585 e. The first kappa shape index (κ1) is 7.42. The smallest absolute Gasteiger partial charge is 0.0585 e. The Morgan fingerprint density at radius 3 is 3.11 bits per heavy atom. The SMILES string of the molecule is CCSC1CCCOC1. The second-order valence-electron chi connectivity index (χ2n) is 2.29. The zero-order valence-electron chi connectivity index (χ0n) is 5.93. The van der Waals surface area contributed by atoms with Crippen LogP contribution in [0.15, 0.2) is 0 Å². The normalized spacial score (nSPS) is 28.3. The van der Waals surface area contributed by atoms with Crippen molar-refractivity contribution in [3.8, 4) is 0 Å². The molecule has 9 heavy (non-hydrogen) atoms. The van der Waals surface area contributed by atoms with E-state index in [-0.39, 0.29) is 0 Å². The molecule has 0 aromatic rings. The quantitative estimate of drug-likeness (QED) is 0.588. The van der Waals surface area contributed by atoms with Gasteiger partial charge in [-0.15, -0.1) is 0 Å². The number of ether oxygens (including phenoxy) is 1. The van der Waals surface area contributed by atoms with Crippen LogP contribution in [0.5, 0.6) is 0 Å². The topological polar surface area (TPSA) is 9.23 Å². The predicted octanol–water partition coefficient (Wildman–Crippen LogP) is 1.92. The largest absolute Gasteiger partial charge is 0.380 e. The minimum atomic E-state index is 0.795. The van der Waals surface area contributed by atoms with E-state index in [9.17, 15) is 0 Å². The highest BCUT2D eigenvalue weighted by atomic mass is 32.2. The second-order valence-corrected chi connectivity index (χ2v) is 3.87. The molecule has 0 N–H and O–H groups in total. The Morgan fingerprint density at radius 2 is 2.56 bits per heavy atom. The highest BCUT2D eigenvalue weighted by molar-refractivity contribution is 7.99. The van der Waals surface area contributed by atoms with Crippen molar-refractivity contribution in [1.29, 1.82) is 0 Å². The van der Waals surface area contributed by atoms with E-state index in [1.54, 1.807) is 0 Å². The van der Waals surface area contributed by atoms with Crippen LogP contribution in [0.1, 0.15) is 19.8 Å². The summed E-state index contributed by atoms with van der Waals surface area (Å²) in [7, 11) is 0. The Hall–Kier alpha value is 0.310. The Kier molecular flexibility index (Phi) is 3.44. The van der Waals surface area contributed by atoms with E-state index >= 15 is 0 Å². The van der Waals surface area contributed by atoms with Crippen LogP contribution in [-0.4, -0.2) is 24.2 Å². The molecule has 54 valence electrons. The zero-order valence-corrected chi connectivity index (χ0v) is 6.75. The average molecular weight is 146 g/mol. The Morgan fingerprint density at radius 1 is 1.67 bits per heavy atom. The summed E-state index contributed by atoms with van der Waals surface area (Å²) in [6.45, 7) is 4.18. The van der Waals surface area contributed by atoms with Crippen molar-refractivity contribution >= 4 is 11.8 Å². The molecule has 0 saturated carbocycles. The van der Waals surface area contributed by atoms with Gasteiger partial charge >= 0.3 is 0 Å². The second kappa shape index (κ2) is 4.18. The van der Waals surface area contributed by atoms with Crippen LogP contribution in [0, 0.1) is 0 Å². The van der Waals surface area contributed by atoms with E-state index in [0.717, 1.165) is 18.5 Å². The number of thioether (sulfide) groups is 1. The Bertz CT molecular complexity index is 66.6. The van der Waals surface area contributed by atoms with Crippen molar-refractivity contribution in [3.63, 3.8) is 0 Å². The maximum absolute atomic E-state index is 5.31. The Labute approximate surface area is 61.2 Å². The molecule has 0 radical (unpaired) electrons. The van der Waals surface area contributed by atoms with Gasteiger partial charge in [0.2, 0.25) is 0 Å². The minimum absolute atomic E-state index is 0.795. The fourth-order valence-electron chi connectivity index (χ4n) is 1.08. The zero-order chi connectivity index (χ0) is 6.53. The van der Waals surface area contributed by atoms with E-state index in [4.69, 9.17) is 4.74 Å². The van der Waals surface area contributed by atoms with Gasteiger partial charge in [0.25, 0.3) is 0 Å². The predicted molar refractivity (Wildman–Crippen MR) is 42.0 cm³/mol. The standard InChI is InChI=1S/C7H14OS/c1-2-9-7-4-3-5-8-6-7/h7H,2-6H2,1H3. The lowest BCUT2D eigenvalue weighted by Crippen LogP contribution is -2.19. The van der Waals surface area contributed by atoms with E-state index < -0.39 is 0 Å². The monoisotopic (exact) mass is 146 g/mol. The highest BCUT2D eigenvalue weighted by Gasteiger charge is 2.12. The molecule has 0 amide bonds. The number of hydrogen-bond donors (Lipinski definition) is 0. The molecule has 1 saturated heterocycles. The van der Waals surface area contributed by atoms with E-state index in [2.05, 4.69) is 6.92 Å². The minimum Gasteiger partial charge on any atom is -0.380 e. The fourth-order valence-corrected chi connectivity index (χ4v) is 2.08. The van der Waals surface area contributed by atoms with Crippen LogP contribution in [0.4, 0.5) is 0 Å². The molecule has 1 rings (SSSR count). The van der Waals surface area contributed by atoms with Gasteiger partial charge in [-0.05, 0) is 18.6 Å². The van der Waals surface area contributed by atoms with E-state index in [0.29, 0.717) is 0 Å². The van der Waals surface area contributed by atoms with Crippen molar-refractivity contribution in [2.24, 2.45) is 0 Å². The number of rotatable bonds is 2. The molecular weight excluding hydrogens is 132 g/mol. The van der Waals surface area contributed by atoms with E-state index in [1.165, 1.54) is 18.6 Å². The third-order valence-corrected chi connectivity index (χ3v) is 2.70. The summed E-state index contributed by atoms with van der Waals surface area (Å²) in [5, 5.41) is 0.795. The van der Waals surface area contributed by atoms with Gasteiger partial charge in [-0.2, -0.15) is 11.8 Å². The average Bonchev–Trinajstić information content (AvgIpc) is 1.91. The van der Waals surface area contributed by atoms with Crippen molar-refractivity contribution in [2.45, 2.75) is 25.0 Å². The Balaban J connectivity index is 2.08. The summed E-state index contributed by atoms with van der Waals surface area (Å²) >= 11 is 2.03. The summed E-state index contributed by atoms with van der Waals surface area (Å²) in [6.07, 6.45) is 2.62. The molecule has 1 nitrogen and oxygen atoms in total. The molecule has 0 aromatic carbocycles. The van der Waals surface area contributed by atoms with Gasteiger partial charge in [0.15, 0.2) is 0 Å². The van der Waals surface area contributed by atoms with Crippen molar-refractivity contribution in [3.05, 3.63) is 0 Å². The van der Waals surface area contributed by atoms with E-state index in [1.807, 2.05) is 11.8 Å². The first-order valence-corrected chi connectivity index (χ1v) is 4.67. The molecule has 0 spiro atoms. The fraction of sp³-hybridized carbons (Fsp3) is 1.00. The van der Waals surface area contributed by atoms with Crippen LogP contribution < -0.4 is 0 Å². The van der Waals surface area contributed by atoms with Crippen LogP contribution >= 0.6 is 11.8 Å². The summed E-state index contributed by atoms with van der Waals surface area (Å²) < 4.78 is 5.31. The molecule has 1 atom stereocenters. The van der Waals surface area contributed by atoms with Crippen LogP contribution in [-0.2, 0) is 4.74 Å². The third-order valence-electron chi connectivity index (χ3n) is 1.52. The summed E-state index contributed by atoms with van der Waals surface area (Å²) in [4.78, 5) is 0. The highest BCUT2D eigenvalue weighted by Crippen LogP contribution is 2.19. The first-order chi connectivity index (χ1) is 4.43. The molecule has 0 aromatic heterocycles. The molecule has 0 bridgehead atoms. The van der Waals surface area contributed by atoms with Crippen molar-refractivity contribution < 1.29 is 4.74 Å². The number of hydrogen-bond acceptors (Lipinski definition) is 2. The lowest BCUT2D eigenvalue weighted by atomic mass is 10.2. The van der Waals surface area contributed by atoms with Crippen molar-refractivity contribution in [2.75, 3.05) is 19.0 Å². The third kappa shape index (κ3) is 2.59. The first-order valence-electron chi connectivity index (χ1n) is 3.63. The van der Waals surface area contributed by atoms with Gasteiger partial charge in [-0.25, -0.2) is 0 Å². The van der Waals surface area contributed by atoms with Gasteiger partial charge in [0.1, 0.15) is 0 Å². The molecule has 1 fully saturated rings. The summed E-state index contributed by atoms with van der Waals surface area (Å²) in [5.41, 5.74) is 0. The van der Waals surface area contributed by atoms with Gasteiger partial charge < -0.3 is 4.74 Å². The molecule has 1 aliphatic rings. The molecule has 1 aliphatic heterocycles. The lowest BCUT2D eigenvalue weighted by molar-refractivity contribution is 0.101. The van der Waals surface area contributed by atoms with Crippen LogP contribution in [0.3, 0.4) is 0 Å².